The maximum Gasteiger partial charge on any atom is 0.228 e. The SMILES string of the molecule is CCOc1ccc(NC(=O)C(C)CN)c(C)c1.Cl. The van der Waals surface area contributed by atoms with Gasteiger partial charge in [-0.15, -0.1) is 12.4 Å². The Balaban J connectivity index is 0.00000289. The summed E-state index contributed by atoms with van der Waals surface area (Å²) in [5.74, 6) is 0.579. The standard InChI is InChI=1S/C13H20N2O2.ClH/c1-4-17-11-5-6-12(9(2)7-11)15-13(16)10(3)8-14;/h5-7,10H,4,8,14H2,1-3H3,(H,15,16);1H. The third-order valence-electron chi connectivity index (χ3n) is 2.57. The van der Waals surface area contributed by atoms with E-state index in [1.807, 2.05) is 32.0 Å². The summed E-state index contributed by atoms with van der Waals surface area (Å²) >= 11 is 0. The number of halogens is 1. The van der Waals surface area contributed by atoms with Gasteiger partial charge >= 0.3 is 0 Å². The van der Waals surface area contributed by atoms with E-state index in [4.69, 9.17) is 10.5 Å². The zero-order valence-electron chi connectivity index (χ0n) is 11.0. The van der Waals surface area contributed by atoms with Crippen LogP contribution in [0.2, 0.25) is 0 Å². The second-order valence-electron chi connectivity index (χ2n) is 4.04. The van der Waals surface area contributed by atoms with Crippen molar-refractivity contribution in [2.24, 2.45) is 11.7 Å². The van der Waals surface area contributed by atoms with Crippen molar-refractivity contribution >= 4 is 24.0 Å². The average Bonchev–Trinajstić information content (AvgIpc) is 2.31. The second-order valence-corrected chi connectivity index (χ2v) is 4.04. The summed E-state index contributed by atoms with van der Waals surface area (Å²) in [4.78, 5) is 11.7. The zero-order chi connectivity index (χ0) is 12.8. The van der Waals surface area contributed by atoms with E-state index in [1.165, 1.54) is 0 Å². The molecule has 0 saturated heterocycles. The summed E-state index contributed by atoms with van der Waals surface area (Å²) in [5, 5.41) is 2.86. The van der Waals surface area contributed by atoms with Crippen LogP contribution in [0.1, 0.15) is 19.4 Å². The number of nitrogens with one attached hydrogen (secondary N) is 1. The van der Waals surface area contributed by atoms with Crippen LogP contribution in [0, 0.1) is 12.8 Å². The van der Waals surface area contributed by atoms with Gasteiger partial charge in [-0.05, 0) is 37.6 Å². The second kappa shape index (κ2) is 7.95. The first-order valence-electron chi connectivity index (χ1n) is 5.82. The third-order valence-corrected chi connectivity index (χ3v) is 2.57. The van der Waals surface area contributed by atoms with Gasteiger partial charge in [-0.3, -0.25) is 4.79 Å². The average molecular weight is 273 g/mol. The smallest absolute Gasteiger partial charge is 0.228 e. The quantitative estimate of drug-likeness (QED) is 0.865. The number of benzene rings is 1. The fraction of sp³-hybridized carbons (Fsp3) is 0.462. The molecule has 0 aromatic heterocycles. The lowest BCUT2D eigenvalue weighted by Crippen LogP contribution is -2.26. The molecule has 18 heavy (non-hydrogen) atoms. The Kier molecular flexibility index (Phi) is 7.39. The van der Waals surface area contributed by atoms with Crippen molar-refractivity contribution in [2.75, 3.05) is 18.5 Å². The van der Waals surface area contributed by atoms with E-state index in [9.17, 15) is 4.79 Å². The van der Waals surface area contributed by atoms with Crippen LogP contribution in [0.5, 0.6) is 5.75 Å². The molecule has 5 heteroatoms. The monoisotopic (exact) mass is 272 g/mol. The van der Waals surface area contributed by atoms with Crippen molar-refractivity contribution in [3.8, 4) is 5.75 Å². The van der Waals surface area contributed by atoms with Crippen molar-refractivity contribution in [3.05, 3.63) is 23.8 Å². The Morgan fingerprint density at radius 1 is 1.50 bits per heavy atom. The molecular weight excluding hydrogens is 252 g/mol. The molecule has 0 aliphatic carbocycles. The first-order chi connectivity index (χ1) is 8.08. The number of hydrogen-bond donors (Lipinski definition) is 2. The number of rotatable bonds is 5. The van der Waals surface area contributed by atoms with Crippen LogP contribution < -0.4 is 15.8 Å². The molecule has 1 aromatic carbocycles. The van der Waals surface area contributed by atoms with Gasteiger partial charge in [-0.2, -0.15) is 0 Å². The number of nitrogens with two attached hydrogens (primary N) is 1. The lowest BCUT2D eigenvalue weighted by atomic mass is 10.1. The lowest BCUT2D eigenvalue weighted by Gasteiger charge is -2.13. The molecule has 1 amide bonds. The first-order valence-corrected chi connectivity index (χ1v) is 5.82. The summed E-state index contributed by atoms with van der Waals surface area (Å²) < 4.78 is 5.38. The number of amides is 1. The van der Waals surface area contributed by atoms with Gasteiger partial charge in [0, 0.05) is 18.2 Å². The molecule has 0 heterocycles. The third kappa shape index (κ3) is 4.55. The minimum absolute atomic E-state index is 0. The number of ether oxygens (including phenoxy) is 1. The van der Waals surface area contributed by atoms with Crippen LogP contribution in [-0.2, 0) is 4.79 Å². The predicted octanol–water partition coefficient (Wildman–Crippen LogP) is 2.35. The lowest BCUT2D eigenvalue weighted by molar-refractivity contribution is -0.119. The van der Waals surface area contributed by atoms with Gasteiger partial charge in [0.25, 0.3) is 0 Å². The fourth-order valence-electron chi connectivity index (χ4n) is 1.40. The number of carbonyl (C=O) groups excluding carboxylic acids is 1. The highest BCUT2D eigenvalue weighted by Crippen LogP contribution is 2.21. The molecule has 0 aliphatic heterocycles. The molecular formula is C13H21ClN2O2. The molecule has 0 radical (unpaired) electrons. The van der Waals surface area contributed by atoms with Crippen molar-refractivity contribution in [3.63, 3.8) is 0 Å². The molecule has 3 N–H and O–H groups in total. The molecule has 0 spiro atoms. The molecule has 0 saturated carbocycles. The number of hydrogen-bond acceptors (Lipinski definition) is 3. The molecule has 1 atom stereocenters. The Morgan fingerprint density at radius 2 is 2.17 bits per heavy atom. The van der Waals surface area contributed by atoms with E-state index in [-0.39, 0.29) is 24.2 Å². The van der Waals surface area contributed by atoms with Crippen molar-refractivity contribution in [1.29, 1.82) is 0 Å². The normalized spacial score (nSPS) is 11.3. The summed E-state index contributed by atoms with van der Waals surface area (Å²) in [5.41, 5.74) is 7.23. The van der Waals surface area contributed by atoms with E-state index < -0.39 is 0 Å². The fourth-order valence-corrected chi connectivity index (χ4v) is 1.40. The van der Waals surface area contributed by atoms with E-state index in [0.29, 0.717) is 13.2 Å². The summed E-state index contributed by atoms with van der Waals surface area (Å²) in [7, 11) is 0. The number of anilines is 1. The number of carbonyl (C=O) groups is 1. The molecule has 102 valence electrons. The topological polar surface area (TPSA) is 64.3 Å². The summed E-state index contributed by atoms with van der Waals surface area (Å²) in [6, 6.07) is 5.60. The predicted molar refractivity (Wildman–Crippen MR) is 76.4 cm³/mol. The van der Waals surface area contributed by atoms with E-state index in [2.05, 4.69) is 5.32 Å². The summed E-state index contributed by atoms with van der Waals surface area (Å²) in [6.45, 7) is 6.66. The van der Waals surface area contributed by atoms with Gasteiger partial charge in [0.05, 0.1) is 6.61 Å². The van der Waals surface area contributed by atoms with Crippen LogP contribution >= 0.6 is 12.4 Å². The van der Waals surface area contributed by atoms with Gasteiger partial charge in [0.2, 0.25) is 5.91 Å². The van der Waals surface area contributed by atoms with Gasteiger partial charge < -0.3 is 15.8 Å². The van der Waals surface area contributed by atoms with E-state index in [0.717, 1.165) is 17.0 Å². The molecule has 4 nitrogen and oxygen atoms in total. The molecule has 1 rings (SSSR count). The van der Waals surface area contributed by atoms with Crippen molar-refractivity contribution < 1.29 is 9.53 Å². The largest absolute Gasteiger partial charge is 0.494 e. The van der Waals surface area contributed by atoms with Crippen LogP contribution in [0.25, 0.3) is 0 Å². The minimum Gasteiger partial charge on any atom is -0.494 e. The molecule has 0 bridgehead atoms. The molecule has 0 fully saturated rings. The van der Waals surface area contributed by atoms with Crippen molar-refractivity contribution in [1.82, 2.24) is 0 Å². The van der Waals surface area contributed by atoms with Crippen LogP contribution in [0.15, 0.2) is 18.2 Å². The summed E-state index contributed by atoms with van der Waals surface area (Å²) in [6.07, 6.45) is 0. The number of aryl methyl sites for hydroxylation is 1. The van der Waals surface area contributed by atoms with Gasteiger partial charge in [0.1, 0.15) is 5.75 Å². The zero-order valence-corrected chi connectivity index (χ0v) is 11.8. The van der Waals surface area contributed by atoms with Gasteiger partial charge in [-0.1, -0.05) is 6.92 Å². The Hall–Kier alpha value is -1.26. The first kappa shape index (κ1) is 16.7. The highest BCUT2D eigenvalue weighted by atomic mass is 35.5. The van der Waals surface area contributed by atoms with E-state index >= 15 is 0 Å². The Morgan fingerprint density at radius 3 is 2.67 bits per heavy atom. The Bertz CT molecular complexity index is 397. The van der Waals surface area contributed by atoms with Crippen LogP contribution in [-0.4, -0.2) is 19.1 Å². The van der Waals surface area contributed by atoms with Crippen LogP contribution in [0.3, 0.4) is 0 Å². The molecule has 0 aliphatic rings. The Labute approximate surface area is 114 Å². The van der Waals surface area contributed by atoms with Gasteiger partial charge in [-0.25, -0.2) is 0 Å². The highest BCUT2D eigenvalue weighted by Gasteiger charge is 2.12. The maximum absolute atomic E-state index is 11.7. The van der Waals surface area contributed by atoms with Gasteiger partial charge in [0.15, 0.2) is 0 Å². The highest BCUT2D eigenvalue weighted by molar-refractivity contribution is 5.93. The van der Waals surface area contributed by atoms with Crippen molar-refractivity contribution in [2.45, 2.75) is 20.8 Å². The van der Waals surface area contributed by atoms with E-state index in [1.54, 1.807) is 6.92 Å². The molecule has 1 aromatic rings. The van der Waals surface area contributed by atoms with Crippen LogP contribution in [0.4, 0.5) is 5.69 Å². The maximum atomic E-state index is 11.7. The molecule has 1 unspecified atom stereocenters. The minimum atomic E-state index is -0.180.